The molecule has 2 heteroatoms. The number of carbonyl (C=O) groups is 2. The highest BCUT2D eigenvalue weighted by Gasteiger charge is 2.31. The second-order valence-electron chi connectivity index (χ2n) is 4.22. The van der Waals surface area contributed by atoms with Gasteiger partial charge in [-0.1, -0.05) is 25.3 Å². The minimum absolute atomic E-state index is 0.110. The Balaban J connectivity index is 3.25. The molecule has 0 saturated carbocycles. The maximum Gasteiger partial charge on any atom is 0.137 e. The van der Waals surface area contributed by atoms with Crippen molar-refractivity contribution in [1.29, 1.82) is 0 Å². The third kappa shape index (κ3) is 2.21. The van der Waals surface area contributed by atoms with Crippen LogP contribution in [0.25, 0.3) is 0 Å². The molecule has 0 aliphatic heterocycles. The summed E-state index contributed by atoms with van der Waals surface area (Å²) in [5.41, 5.74) is 1.77. The first-order valence-corrected chi connectivity index (χ1v) is 5.52. The maximum atomic E-state index is 11.5. The number of Topliss-reactive ketones (excluding diaryl/α,β-unsaturated/α-hetero) is 2. The third-order valence-corrected chi connectivity index (χ3v) is 3.25. The van der Waals surface area contributed by atoms with Crippen molar-refractivity contribution in [3.8, 4) is 0 Å². The number of carbonyl (C=O) groups excluding carboxylic acids is 2. The summed E-state index contributed by atoms with van der Waals surface area (Å²) >= 11 is 0. The van der Waals surface area contributed by atoms with Gasteiger partial charge in [0.1, 0.15) is 11.6 Å². The van der Waals surface area contributed by atoms with Crippen LogP contribution in [0.5, 0.6) is 0 Å². The van der Waals surface area contributed by atoms with E-state index in [9.17, 15) is 9.59 Å². The van der Waals surface area contributed by atoms with Crippen LogP contribution in [0.4, 0.5) is 0 Å². The Hall–Kier alpha value is -1.44. The van der Waals surface area contributed by atoms with Crippen molar-refractivity contribution in [2.45, 2.75) is 26.7 Å². The maximum absolute atomic E-state index is 11.5. The van der Waals surface area contributed by atoms with Crippen molar-refractivity contribution in [3.63, 3.8) is 0 Å². The fraction of sp³-hybridized carbons (Fsp3) is 0.429. The van der Waals surface area contributed by atoms with E-state index in [4.69, 9.17) is 0 Å². The number of ketones is 2. The number of hydrogen-bond acceptors (Lipinski definition) is 2. The predicted octanol–water partition coefficient (Wildman–Crippen LogP) is 2.86. The minimum Gasteiger partial charge on any atom is -0.299 e. The van der Waals surface area contributed by atoms with E-state index in [1.54, 1.807) is 26.0 Å². The standard InChI is InChI=1S/C14H18O2/c1-5-11-12(6-2)14(10(4)16)8-7-13(11)9(3)15/h5-6,13-14H,1-2,7-8H2,3-4H3. The van der Waals surface area contributed by atoms with Crippen LogP contribution in [-0.4, -0.2) is 11.6 Å². The first-order valence-electron chi connectivity index (χ1n) is 5.52. The molecule has 0 aromatic rings. The summed E-state index contributed by atoms with van der Waals surface area (Å²) in [5.74, 6) is 0.0507. The highest BCUT2D eigenvalue weighted by Crippen LogP contribution is 2.36. The van der Waals surface area contributed by atoms with Crippen LogP contribution in [-0.2, 0) is 9.59 Å². The van der Waals surface area contributed by atoms with Gasteiger partial charge in [0.2, 0.25) is 0 Å². The molecule has 1 aliphatic rings. The van der Waals surface area contributed by atoms with Gasteiger partial charge in [-0.05, 0) is 37.8 Å². The largest absolute Gasteiger partial charge is 0.299 e. The van der Waals surface area contributed by atoms with E-state index in [1.165, 1.54) is 0 Å². The van der Waals surface area contributed by atoms with Crippen LogP contribution in [0.15, 0.2) is 36.5 Å². The highest BCUT2D eigenvalue weighted by atomic mass is 16.1. The molecule has 0 amide bonds. The molecule has 86 valence electrons. The van der Waals surface area contributed by atoms with Crippen LogP contribution in [0.2, 0.25) is 0 Å². The SMILES string of the molecule is C=CC1=C(C=C)C(C(C)=O)CCC1C(C)=O. The predicted molar refractivity (Wildman–Crippen MR) is 65.0 cm³/mol. The zero-order valence-electron chi connectivity index (χ0n) is 9.95. The van der Waals surface area contributed by atoms with Gasteiger partial charge < -0.3 is 0 Å². The molecule has 0 radical (unpaired) electrons. The lowest BCUT2D eigenvalue weighted by molar-refractivity contribution is -0.122. The van der Waals surface area contributed by atoms with Crippen LogP contribution >= 0.6 is 0 Å². The quantitative estimate of drug-likeness (QED) is 0.727. The van der Waals surface area contributed by atoms with E-state index in [2.05, 4.69) is 13.2 Å². The number of rotatable bonds is 4. The molecule has 0 N–H and O–H groups in total. The molecular formula is C14H18O2. The summed E-state index contributed by atoms with van der Waals surface area (Å²) in [5, 5.41) is 0. The first kappa shape index (κ1) is 12.6. The molecule has 0 saturated heterocycles. The third-order valence-electron chi connectivity index (χ3n) is 3.25. The van der Waals surface area contributed by atoms with E-state index in [0.29, 0.717) is 0 Å². The minimum atomic E-state index is -0.110. The van der Waals surface area contributed by atoms with E-state index in [-0.39, 0.29) is 23.4 Å². The van der Waals surface area contributed by atoms with Crippen molar-refractivity contribution in [2.75, 3.05) is 0 Å². The molecule has 16 heavy (non-hydrogen) atoms. The Morgan fingerprint density at radius 3 is 1.50 bits per heavy atom. The van der Waals surface area contributed by atoms with Crippen LogP contribution in [0.1, 0.15) is 26.7 Å². The van der Waals surface area contributed by atoms with Crippen molar-refractivity contribution in [2.24, 2.45) is 11.8 Å². The number of allylic oxidation sites excluding steroid dienone is 4. The highest BCUT2D eigenvalue weighted by molar-refractivity contribution is 5.86. The van der Waals surface area contributed by atoms with Gasteiger partial charge in [-0.15, -0.1) is 0 Å². The van der Waals surface area contributed by atoms with Crippen molar-refractivity contribution in [3.05, 3.63) is 36.5 Å². The summed E-state index contributed by atoms with van der Waals surface area (Å²) < 4.78 is 0. The Morgan fingerprint density at radius 2 is 1.31 bits per heavy atom. The van der Waals surface area contributed by atoms with Crippen LogP contribution < -0.4 is 0 Å². The average Bonchev–Trinajstić information content (AvgIpc) is 2.26. The Bertz CT molecular complexity index is 338. The molecule has 1 rings (SSSR count). The summed E-state index contributed by atoms with van der Waals surface area (Å²) in [6.45, 7) is 10.7. The fourth-order valence-corrected chi connectivity index (χ4v) is 2.41. The Labute approximate surface area is 96.7 Å². The van der Waals surface area contributed by atoms with Gasteiger partial charge in [0.15, 0.2) is 0 Å². The lowest BCUT2D eigenvalue weighted by atomic mass is 9.74. The van der Waals surface area contributed by atoms with Gasteiger partial charge in [-0.25, -0.2) is 0 Å². The summed E-state index contributed by atoms with van der Waals surface area (Å²) in [7, 11) is 0. The molecule has 0 heterocycles. The van der Waals surface area contributed by atoms with Crippen molar-refractivity contribution >= 4 is 11.6 Å². The molecule has 2 atom stereocenters. The van der Waals surface area contributed by atoms with Gasteiger partial charge in [-0.3, -0.25) is 9.59 Å². The number of hydrogen-bond donors (Lipinski definition) is 0. The van der Waals surface area contributed by atoms with Gasteiger partial charge >= 0.3 is 0 Å². The smallest absolute Gasteiger partial charge is 0.137 e. The molecule has 0 spiro atoms. The summed E-state index contributed by atoms with van der Waals surface area (Å²) in [6.07, 6.45) is 4.85. The zero-order chi connectivity index (χ0) is 12.3. The van der Waals surface area contributed by atoms with E-state index in [1.807, 2.05) is 0 Å². The monoisotopic (exact) mass is 218 g/mol. The van der Waals surface area contributed by atoms with Gasteiger partial charge in [0.25, 0.3) is 0 Å². The summed E-state index contributed by atoms with van der Waals surface area (Å²) in [6, 6.07) is 0. The topological polar surface area (TPSA) is 34.1 Å². The van der Waals surface area contributed by atoms with E-state index in [0.717, 1.165) is 24.0 Å². The van der Waals surface area contributed by atoms with Gasteiger partial charge in [0, 0.05) is 11.8 Å². The molecule has 0 fully saturated rings. The fourth-order valence-electron chi connectivity index (χ4n) is 2.41. The lowest BCUT2D eigenvalue weighted by Crippen LogP contribution is -2.26. The molecule has 0 aromatic heterocycles. The van der Waals surface area contributed by atoms with Crippen molar-refractivity contribution < 1.29 is 9.59 Å². The van der Waals surface area contributed by atoms with Gasteiger partial charge in [0.05, 0.1) is 0 Å². The van der Waals surface area contributed by atoms with Crippen LogP contribution in [0.3, 0.4) is 0 Å². The first-order chi connectivity index (χ1) is 7.52. The molecular weight excluding hydrogens is 200 g/mol. The van der Waals surface area contributed by atoms with Crippen molar-refractivity contribution in [1.82, 2.24) is 0 Å². The molecule has 0 bridgehead atoms. The van der Waals surface area contributed by atoms with E-state index >= 15 is 0 Å². The second kappa shape index (κ2) is 5.06. The summed E-state index contributed by atoms with van der Waals surface area (Å²) in [4.78, 5) is 23.0. The van der Waals surface area contributed by atoms with Crippen LogP contribution in [0, 0.1) is 11.8 Å². The lowest BCUT2D eigenvalue weighted by Gasteiger charge is -2.29. The Morgan fingerprint density at radius 1 is 1.00 bits per heavy atom. The zero-order valence-corrected chi connectivity index (χ0v) is 9.95. The molecule has 0 aromatic carbocycles. The second-order valence-corrected chi connectivity index (χ2v) is 4.22. The molecule has 2 nitrogen and oxygen atoms in total. The van der Waals surface area contributed by atoms with Gasteiger partial charge in [-0.2, -0.15) is 0 Å². The molecule has 2 unspecified atom stereocenters. The van der Waals surface area contributed by atoms with E-state index < -0.39 is 0 Å². The average molecular weight is 218 g/mol. The molecule has 1 aliphatic carbocycles. The normalized spacial score (nSPS) is 25.1. The Kier molecular flexibility index (Phi) is 3.99.